The average Bonchev–Trinajstić information content (AvgIpc) is 3.48. The van der Waals surface area contributed by atoms with E-state index in [1.54, 1.807) is 6.20 Å². The number of nitrogens with one attached hydrogen (secondary N) is 2. The van der Waals surface area contributed by atoms with E-state index in [1.807, 2.05) is 30.5 Å². The van der Waals surface area contributed by atoms with E-state index < -0.39 is 0 Å². The number of hydrogen-bond donors (Lipinski definition) is 3. The van der Waals surface area contributed by atoms with E-state index in [0.29, 0.717) is 24.6 Å². The highest BCUT2D eigenvalue weighted by Gasteiger charge is 2.41. The van der Waals surface area contributed by atoms with Crippen LogP contribution < -0.4 is 5.32 Å². The first kappa shape index (κ1) is 18.1. The molecule has 2 aromatic rings. The van der Waals surface area contributed by atoms with Gasteiger partial charge in [-0.25, -0.2) is 4.98 Å². The van der Waals surface area contributed by atoms with E-state index in [-0.39, 0.29) is 0 Å². The van der Waals surface area contributed by atoms with Crippen LogP contribution in [-0.2, 0) is 0 Å². The number of piperidine rings is 1. The summed E-state index contributed by atoms with van der Waals surface area (Å²) in [4.78, 5) is 11.7. The lowest BCUT2D eigenvalue weighted by Crippen LogP contribution is -2.42. The molecule has 1 saturated heterocycles. The summed E-state index contributed by atoms with van der Waals surface area (Å²) in [5.41, 5.74) is 3.18. The van der Waals surface area contributed by atoms with Crippen LogP contribution in [0.3, 0.4) is 0 Å². The first-order valence-corrected chi connectivity index (χ1v) is 9.82. The standard InChI is InChI=1S/C21H27N5O/c22-12-16(20-14-24-18-3-1-2-4-19(18)25-20)13-23-17-5-8-26(9-6-17)21-11-15(21)7-10-27/h1-4,12-15,17,21-23,27H,5-11H2/b16-13+,22-12?. The normalized spacial score (nSPS) is 24.1. The number of rotatable bonds is 7. The topological polar surface area (TPSA) is 85.1 Å². The number of allylic oxidation sites excluding steroid dienone is 1. The second-order valence-corrected chi connectivity index (χ2v) is 7.54. The Balaban J connectivity index is 1.34. The summed E-state index contributed by atoms with van der Waals surface area (Å²) in [6, 6.07) is 8.91. The molecule has 1 aliphatic carbocycles. The van der Waals surface area contributed by atoms with Gasteiger partial charge in [0, 0.05) is 49.8 Å². The monoisotopic (exact) mass is 365 g/mol. The lowest BCUT2D eigenvalue weighted by Gasteiger charge is -2.32. The van der Waals surface area contributed by atoms with Crippen molar-refractivity contribution >= 4 is 22.8 Å². The molecule has 0 spiro atoms. The fourth-order valence-corrected chi connectivity index (χ4v) is 4.05. The van der Waals surface area contributed by atoms with Crippen LogP contribution in [0, 0.1) is 11.3 Å². The van der Waals surface area contributed by atoms with Gasteiger partial charge in [-0.1, -0.05) is 12.1 Å². The van der Waals surface area contributed by atoms with Gasteiger partial charge in [0.15, 0.2) is 0 Å². The Bertz CT molecular complexity index is 828. The number of benzene rings is 1. The maximum absolute atomic E-state index is 9.07. The number of fused-ring (bicyclic) bond motifs is 1. The van der Waals surface area contributed by atoms with Gasteiger partial charge in [0.1, 0.15) is 0 Å². The molecule has 2 unspecified atom stereocenters. The summed E-state index contributed by atoms with van der Waals surface area (Å²) < 4.78 is 0. The summed E-state index contributed by atoms with van der Waals surface area (Å²) in [5, 5.41) is 20.3. The number of aliphatic hydroxyl groups is 1. The van der Waals surface area contributed by atoms with Crippen molar-refractivity contribution in [2.24, 2.45) is 5.92 Å². The minimum Gasteiger partial charge on any atom is -0.396 e. The summed E-state index contributed by atoms with van der Waals surface area (Å²) >= 11 is 0. The van der Waals surface area contributed by atoms with Gasteiger partial charge in [-0.15, -0.1) is 0 Å². The van der Waals surface area contributed by atoms with Crippen LogP contribution >= 0.6 is 0 Å². The zero-order valence-electron chi connectivity index (χ0n) is 15.5. The van der Waals surface area contributed by atoms with E-state index in [4.69, 9.17) is 10.5 Å². The lowest BCUT2D eigenvalue weighted by molar-refractivity contribution is 0.181. The molecule has 0 amide bonds. The van der Waals surface area contributed by atoms with Crippen molar-refractivity contribution in [3.05, 3.63) is 42.4 Å². The van der Waals surface area contributed by atoms with Crippen molar-refractivity contribution < 1.29 is 5.11 Å². The molecule has 6 nitrogen and oxygen atoms in total. The van der Waals surface area contributed by atoms with Gasteiger partial charge in [-0.3, -0.25) is 9.88 Å². The number of aromatic nitrogens is 2. The highest BCUT2D eigenvalue weighted by atomic mass is 16.3. The van der Waals surface area contributed by atoms with Gasteiger partial charge in [-0.2, -0.15) is 0 Å². The lowest BCUT2D eigenvalue weighted by atomic mass is 10.0. The first-order chi connectivity index (χ1) is 13.3. The van der Waals surface area contributed by atoms with Crippen molar-refractivity contribution in [3.8, 4) is 0 Å². The number of likely N-dealkylation sites (tertiary alicyclic amines) is 1. The molecule has 2 heterocycles. The molecule has 3 N–H and O–H groups in total. The summed E-state index contributed by atoms with van der Waals surface area (Å²) in [6.07, 6.45) is 9.39. The van der Waals surface area contributed by atoms with E-state index >= 15 is 0 Å². The maximum Gasteiger partial charge on any atom is 0.0922 e. The third-order valence-electron chi connectivity index (χ3n) is 5.76. The van der Waals surface area contributed by atoms with Crippen molar-refractivity contribution in [1.82, 2.24) is 20.2 Å². The van der Waals surface area contributed by atoms with Crippen LogP contribution in [-0.4, -0.2) is 58.0 Å². The van der Waals surface area contributed by atoms with E-state index in [0.717, 1.165) is 54.7 Å². The summed E-state index contributed by atoms with van der Waals surface area (Å²) in [6.45, 7) is 2.52. The van der Waals surface area contributed by atoms with Gasteiger partial charge >= 0.3 is 0 Å². The van der Waals surface area contributed by atoms with Gasteiger partial charge in [0.25, 0.3) is 0 Å². The molecule has 1 aromatic carbocycles. The molecule has 2 aliphatic rings. The third kappa shape index (κ3) is 4.17. The number of hydrogen-bond acceptors (Lipinski definition) is 6. The Hall–Kier alpha value is -2.31. The molecule has 4 rings (SSSR count). The highest BCUT2D eigenvalue weighted by Crippen LogP contribution is 2.39. The smallest absolute Gasteiger partial charge is 0.0922 e. The van der Waals surface area contributed by atoms with Crippen LogP contribution in [0.15, 0.2) is 36.7 Å². The van der Waals surface area contributed by atoms with Crippen LogP contribution in [0.2, 0.25) is 0 Å². The highest BCUT2D eigenvalue weighted by molar-refractivity contribution is 6.07. The second-order valence-electron chi connectivity index (χ2n) is 7.54. The molecular weight excluding hydrogens is 338 g/mol. The molecule has 27 heavy (non-hydrogen) atoms. The van der Waals surface area contributed by atoms with Gasteiger partial charge in [0.2, 0.25) is 0 Å². The molecule has 2 fully saturated rings. The predicted octanol–water partition coefficient (Wildman–Crippen LogP) is 2.45. The van der Waals surface area contributed by atoms with Crippen molar-refractivity contribution in [1.29, 1.82) is 5.41 Å². The Labute approximate surface area is 159 Å². The summed E-state index contributed by atoms with van der Waals surface area (Å²) in [5.74, 6) is 0.704. The van der Waals surface area contributed by atoms with Crippen LogP contribution in [0.5, 0.6) is 0 Å². The molecule has 6 heteroatoms. The first-order valence-electron chi connectivity index (χ1n) is 9.82. The average molecular weight is 365 g/mol. The number of nitrogens with zero attached hydrogens (tertiary/aromatic N) is 3. The molecule has 1 aromatic heterocycles. The fourth-order valence-electron chi connectivity index (χ4n) is 4.05. The van der Waals surface area contributed by atoms with Crippen LogP contribution in [0.25, 0.3) is 16.6 Å². The number of para-hydroxylation sites is 2. The maximum atomic E-state index is 9.07. The van der Waals surface area contributed by atoms with Gasteiger partial charge < -0.3 is 15.8 Å². The molecule has 0 radical (unpaired) electrons. The van der Waals surface area contributed by atoms with Crippen LogP contribution in [0.1, 0.15) is 31.4 Å². The minimum atomic E-state index is 0.314. The Morgan fingerprint density at radius 2 is 2.04 bits per heavy atom. The second kappa shape index (κ2) is 8.15. The molecular formula is C21H27N5O. The fraction of sp³-hybridized carbons (Fsp3) is 0.476. The van der Waals surface area contributed by atoms with E-state index in [2.05, 4.69) is 20.2 Å². The quantitative estimate of drug-likeness (QED) is 0.656. The van der Waals surface area contributed by atoms with Crippen molar-refractivity contribution in [2.75, 3.05) is 19.7 Å². The van der Waals surface area contributed by atoms with Gasteiger partial charge in [0.05, 0.1) is 22.9 Å². The molecule has 1 aliphatic heterocycles. The predicted molar refractivity (Wildman–Crippen MR) is 108 cm³/mol. The minimum absolute atomic E-state index is 0.314. The third-order valence-corrected chi connectivity index (χ3v) is 5.76. The molecule has 1 saturated carbocycles. The summed E-state index contributed by atoms with van der Waals surface area (Å²) in [7, 11) is 0. The van der Waals surface area contributed by atoms with E-state index in [1.165, 1.54) is 12.6 Å². The number of aliphatic hydroxyl groups excluding tert-OH is 1. The zero-order chi connectivity index (χ0) is 18.6. The Morgan fingerprint density at radius 3 is 2.78 bits per heavy atom. The SMILES string of the molecule is N=C/C(=C\NC1CCN(C2CC2CCO)CC1)c1cnc2ccccc2n1. The van der Waals surface area contributed by atoms with Crippen molar-refractivity contribution in [2.45, 2.75) is 37.8 Å². The largest absolute Gasteiger partial charge is 0.396 e. The van der Waals surface area contributed by atoms with Gasteiger partial charge in [-0.05, 0) is 43.7 Å². The van der Waals surface area contributed by atoms with Crippen molar-refractivity contribution in [3.63, 3.8) is 0 Å². The molecule has 142 valence electrons. The molecule has 0 bridgehead atoms. The zero-order valence-corrected chi connectivity index (χ0v) is 15.5. The van der Waals surface area contributed by atoms with E-state index in [9.17, 15) is 0 Å². The Morgan fingerprint density at radius 1 is 1.26 bits per heavy atom. The Kier molecular flexibility index (Phi) is 5.45. The molecule has 2 atom stereocenters. The van der Waals surface area contributed by atoms with Crippen LogP contribution in [0.4, 0.5) is 0 Å².